The van der Waals surface area contributed by atoms with E-state index in [-0.39, 0.29) is 0 Å². The van der Waals surface area contributed by atoms with Gasteiger partial charge in [0.2, 0.25) is 0 Å². The number of nitrogens with zero attached hydrogens (tertiary/aromatic N) is 1. The van der Waals surface area contributed by atoms with Crippen molar-refractivity contribution in [3.05, 3.63) is 21.9 Å². The number of aryl methyl sites for hydroxylation is 1. The highest BCUT2D eigenvalue weighted by Crippen LogP contribution is 2.23. The molecule has 15 heavy (non-hydrogen) atoms. The number of rotatable bonds is 3. The van der Waals surface area contributed by atoms with Crippen LogP contribution in [0.4, 0.5) is 0 Å². The van der Waals surface area contributed by atoms with Gasteiger partial charge in [0.25, 0.3) is 0 Å². The summed E-state index contributed by atoms with van der Waals surface area (Å²) in [6.07, 6.45) is 1.28. The summed E-state index contributed by atoms with van der Waals surface area (Å²) in [5, 5.41) is 3.71. The number of likely N-dealkylation sites (N-methyl/N-ethyl adjacent to an activating group) is 1. The highest BCUT2D eigenvalue weighted by molar-refractivity contribution is 7.12. The maximum absolute atomic E-state index is 3.71. The van der Waals surface area contributed by atoms with E-state index in [0.717, 1.165) is 0 Å². The summed E-state index contributed by atoms with van der Waals surface area (Å²) in [4.78, 5) is 5.26. The van der Waals surface area contributed by atoms with Gasteiger partial charge in [-0.15, -0.1) is 11.3 Å². The van der Waals surface area contributed by atoms with Crippen LogP contribution in [-0.2, 0) is 0 Å². The van der Waals surface area contributed by atoms with Gasteiger partial charge in [0, 0.05) is 28.4 Å². The lowest BCUT2D eigenvalue weighted by Gasteiger charge is -2.18. The van der Waals surface area contributed by atoms with E-state index in [4.69, 9.17) is 0 Å². The van der Waals surface area contributed by atoms with Crippen LogP contribution in [0.15, 0.2) is 12.1 Å². The maximum atomic E-state index is 3.71. The topological polar surface area (TPSA) is 15.3 Å². The number of hydrogen-bond acceptors (Lipinski definition) is 3. The van der Waals surface area contributed by atoms with E-state index < -0.39 is 0 Å². The molecular weight excluding hydrogens is 204 g/mol. The first-order valence-corrected chi connectivity index (χ1v) is 6.47. The first kappa shape index (κ1) is 11.1. The Hall–Kier alpha value is -0.380. The summed E-state index contributed by atoms with van der Waals surface area (Å²) >= 11 is 1.90. The normalized spacial score (nSPS) is 24.6. The second kappa shape index (κ2) is 4.64. The molecule has 2 unspecified atom stereocenters. The molecule has 0 saturated carbocycles. The molecule has 1 aromatic heterocycles. The van der Waals surface area contributed by atoms with Crippen molar-refractivity contribution in [1.82, 2.24) is 10.2 Å². The zero-order valence-electron chi connectivity index (χ0n) is 9.79. The molecule has 2 rings (SSSR count). The Kier molecular flexibility index (Phi) is 3.44. The average molecular weight is 224 g/mol. The van der Waals surface area contributed by atoms with Crippen LogP contribution in [0.25, 0.3) is 0 Å². The van der Waals surface area contributed by atoms with E-state index in [0.29, 0.717) is 12.1 Å². The minimum absolute atomic E-state index is 0.500. The summed E-state index contributed by atoms with van der Waals surface area (Å²) in [7, 11) is 2.20. The SMILES string of the molecule is Cc1ccc(C(C)NC2CCN(C)C2)s1. The van der Waals surface area contributed by atoms with E-state index in [1.54, 1.807) is 0 Å². The molecule has 2 atom stereocenters. The van der Waals surface area contributed by atoms with E-state index in [1.807, 2.05) is 11.3 Å². The van der Waals surface area contributed by atoms with Gasteiger partial charge >= 0.3 is 0 Å². The van der Waals surface area contributed by atoms with Gasteiger partial charge in [-0.05, 0) is 46.0 Å². The molecule has 1 N–H and O–H groups in total. The van der Waals surface area contributed by atoms with Gasteiger partial charge in [-0.3, -0.25) is 0 Å². The van der Waals surface area contributed by atoms with Crippen molar-refractivity contribution in [3.63, 3.8) is 0 Å². The number of thiophene rings is 1. The molecular formula is C12H20N2S. The molecule has 1 fully saturated rings. The van der Waals surface area contributed by atoms with Gasteiger partial charge < -0.3 is 10.2 Å². The molecule has 1 aromatic rings. The Bertz CT molecular complexity index is 321. The predicted octanol–water partition coefficient (Wildman–Crippen LogP) is 2.41. The third-order valence-electron chi connectivity index (χ3n) is 3.06. The van der Waals surface area contributed by atoms with Crippen molar-refractivity contribution in [2.75, 3.05) is 20.1 Å². The molecule has 1 aliphatic heterocycles. The predicted molar refractivity (Wildman–Crippen MR) is 66.5 cm³/mol. The standard InChI is InChI=1S/C12H20N2S/c1-9-4-5-12(15-9)10(2)13-11-6-7-14(3)8-11/h4-5,10-11,13H,6-8H2,1-3H3. The maximum Gasteiger partial charge on any atom is 0.0388 e. The van der Waals surface area contributed by atoms with Crippen molar-refractivity contribution in [2.24, 2.45) is 0 Å². The van der Waals surface area contributed by atoms with Crippen molar-refractivity contribution < 1.29 is 0 Å². The number of hydrogen-bond donors (Lipinski definition) is 1. The first-order chi connectivity index (χ1) is 7.15. The average Bonchev–Trinajstić information content (AvgIpc) is 2.75. The Morgan fingerprint density at radius 2 is 2.33 bits per heavy atom. The quantitative estimate of drug-likeness (QED) is 0.848. The lowest BCUT2D eigenvalue weighted by Crippen LogP contribution is -2.33. The lowest BCUT2D eigenvalue weighted by molar-refractivity contribution is 0.388. The molecule has 2 nitrogen and oxygen atoms in total. The minimum Gasteiger partial charge on any atom is -0.305 e. The van der Waals surface area contributed by atoms with Gasteiger partial charge in [0.15, 0.2) is 0 Å². The number of nitrogens with one attached hydrogen (secondary N) is 1. The number of likely N-dealkylation sites (tertiary alicyclic amines) is 1. The van der Waals surface area contributed by atoms with Gasteiger partial charge in [-0.25, -0.2) is 0 Å². The smallest absolute Gasteiger partial charge is 0.0388 e. The molecule has 2 heterocycles. The fourth-order valence-corrected chi connectivity index (χ4v) is 3.08. The first-order valence-electron chi connectivity index (χ1n) is 5.66. The second-order valence-electron chi connectivity index (χ2n) is 4.58. The van der Waals surface area contributed by atoms with E-state index in [1.165, 1.54) is 29.3 Å². The fourth-order valence-electron chi connectivity index (χ4n) is 2.19. The van der Waals surface area contributed by atoms with Crippen LogP contribution in [-0.4, -0.2) is 31.1 Å². The van der Waals surface area contributed by atoms with Crippen LogP contribution in [0.2, 0.25) is 0 Å². The Labute approximate surface area is 96.3 Å². The van der Waals surface area contributed by atoms with E-state index in [2.05, 4.69) is 43.2 Å². The summed E-state index contributed by atoms with van der Waals surface area (Å²) in [5.74, 6) is 0. The minimum atomic E-state index is 0.500. The molecule has 1 saturated heterocycles. The summed E-state index contributed by atoms with van der Waals surface area (Å²) in [6, 6.07) is 5.63. The second-order valence-corrected chi connectivity index (χ2v) is 5.90. The van der Waals surface area contributed by atoms with Crippen LogP contribution >= 0.6 is 11.3 Å². The molecule has 0 spiro atoms. The molecule has 0 amide bonds. The van der Waals surface area contributed by atoms with Crippen LogP contribution in [0, 0.1) is 6.92 Å². The summed E-state index contributed by atoms with van der Waals surface area (Å²) in [6.45, 7) is 6.86. The van der Waals surface area contributed by atoms with Crippen molar-refractivity contribution in [3.8, 4) is 0 Å². The van der Waals surface area contributed by atoms with Crippen molar-refractivity contribution >= 4 is 11.3 Å². The van der Waals surface area contributed by atoms with Gasteiger partial charge in [-0.2, -0.15) is 0 Å². The third kappa shape index (κ3) is 2.80. The zero-order valence-corrected chi connectivity index (χ0v) is 10.6. The molecule has 1 aliphatic rings. The van der Waals surface area contributed by atoms with E-state index in [9.17, 15) is 0 Å². The van der Waals surface area contributed by atoms with Crippen molar-refractivity contribution in [1.29, 1.82) is 0 Å². The van der Waals surface area contributed by atoms with E-state index >= 15 is 0 Å². The Balaban J connectivity index is 1.89. The molecule has 0 aromatic carbocycles. The summed E-state index contributed by atoms with van der Waals surface area (Å²) in [5.41, 5.74) is 0. The Morgan fingerprint density at radius 1 is 1.53 bits per heavy atom. The molecule has 84 valence electrons. The van der Waals surface area contributed by atoms with Gasteiger partial charge in [0.05, 0.1) is 0 Å². The fraction of sp³-hybridized carbons (Fsp3) is 0.667. The molecule has 0 radical (unpaired) electrons. The largest absolute Gasteiger partial charge is 0.305 e. The van der Waals surface area contributed by atoms with Crippen LogP contribution < -0.4 is 5.32 Å². The highest BCUT2D eigenvalue weighted by Gasteiger charge is 2.21. The molecule has 0 bridgehead atoms. The van der Waals surface area contributed by atoms with Crippen LogP contribution in [0.5, 0.6) is 0 Å². The Morgan fingerprint density at radius 3 is 2.87 bits per heavy atom. The van der Waals surface area contributed by atoms with Gasteiger partial charge in [-0.1, -0.05) is 0 Å². The van der Waals surface area contributed by atoms with Crippen molar-refractivity contribution in [2.45, 2.75) is 32.4 Å². The van der Waals surface area contributed by atoms with Crippen LogP contribution in [0.3, 0.4) is 0 Å². The monoisotopic (exact) mass is 224 g/mol. The molecule has 3 heteroatoms. The third-order valence-corrected chi connectivity index (χ3v) is 4.25. The van der Waals surface area contributed by atoms with Gasteiger partial charge in [0.1, 0.15) is 0 Å². The lowest BCUT2D eigenvalue weighted by atomic mass is 10.2. The highest BCUT2D eigenvalue weighted by atomic mass is 32.1. The molecule has 0 aliphatic carbocycles. The zero-order chi connectivity index (χ0) is 10.8. The summed E-state index contributed by atoms with van der Waals surface area (Å²) < 4.78 is 0. The van der Waals surface area contributed by atoms with Crippen LogP contribution in [0.1, 0.15) is 29.1 Å².